The Morgan fingerprint density at radius 2 is 0.977 bits per heavy atom. The molecule has 0 saturated heterocycles. The SMILES string of the molecule is c1ccc(-c2ccc(-c3nc(-c4ccccc4)nc(-n4c5ccccc5c5ccc6oc7ccccc7c6c54)n3)cc2)cc1. The van der Waals surface area contributed by atoms with Gasteiger partial charge in [-0.15, -0.1) is 0 Å². The predicted molar refractivity (Wildman–Crippen MR) is 178 cm³/mol. The summed E-state index contributed by atoms with van der Waals surface area (Å²) in [5, 5.41) is 4.36. The molecule has 0 amide bonds. The molecular weight excluding hydrogens is 540 g/mol. The molecule has 0 aliphatic rings. The van der Waals surface area contributed by atoms with Crippen molar-refractivity contribution in [1.29, 1.82) is 0 Å². The minimum absolute atomic E-state index is 0.560. The Morgan fingerprint density at radius 3 is 1.73 bits per heavy atom. The molecule has 0 radical (unpaired) electrons. The Labute approximate surface area is 252 Å². The van der Waals surface area contributed by atoms with Crippen LogP contribution in [0.3, 0.4) is 0 Å². The third-order valence-corrected chi connectivity index (χ3v) is 8.28. The normalized spacial score (nSPS) is 11.6. The molecule has 206 valence electrons. The first-order chi connectivity index (χ1) is 21.8. The number of hydrogen-bond donors (Lipinski definition) is 0. The van der Waals surface area contributed by atoms with E-state index in [2.05, 4.69) is 102 Å². The van der Waals surface area contributed by atoms with Gasteiger partial charge in [-0.2, -0.15) is 9.97 Å². The number of hydrogen-bond acceptors (Lipinski definition) is 4. The van der Waals surface area contributed by atoms with Crippen molar-refractivity contribution in [2.75, 3.05) is 0 Å². The van der Waals surface area contributed by atoms with Crippen LogP contribution in [0.25, 0.3) is 83.6 Å². The van der Waals surface area contributed by atoms with Gasteiger partial charge in [0.05, 0.1) is 16.4 Å². The molecule has 0 saturated carbocycles. The standard InChI is InChI=1S/C39H24N4O/c1-3-11-25(12-4-1)26-19-21-28(22-20-26)38-40-37(27-13-5-2-6-14-27)41-39(42-38)43-32-17-9-7-15-29(32)30-23-24-34-35(36(30)43)31-16-8-10-18-33(31)44-34/h1-24H. The van der Waals surface area contributed by atoms with Crippen molar-refractivity contribution in [1.82, 2.24) is 19.5 Å². The van der Waals surface area contributed by atoms with Crippen LogP contribution < -0.4 is 0 Å². The van der Waals surface area contributed by atoms with Crippen molar-refractivity contribution >= 4 is 43.7 Å². The van der Waals surface area contributed by atoms with Gasteiger partial charge in [-0.1, -0.05) is 121 Å². The molecule has 0 unspecified atom stereocenters. The van der Waals surface area contributed by atoms with Gasteiger partial charge in [0.25, 0.3) is 0 Å². The number of aromatic nitrogens is 4. The molecule has 3 heterocycles. The molecule has 44 heavy (non-hydrogen) atoms. The van der Waals surface area contributed by atoms with Crippen LogP contribution in [0.2, 0.25) is 0 Å². The maximum Gasteiger partial charge on any atom is 0.238 e. The maximum atomic E-state index is 6.31. The third kappa shape index (κ3) is 3.83. The molecule has 0 aliphatic heterocycles. The molecule has 6 aromatic carbocycles. The smallest absolute Gasteiger partial charge is 0.238 e. The second kappa shape index (κ2) is 9.75. The minimum Gasteiger partial charge on any atom is -0.456 e. The van der Waals surface area contributed by atoms with Gasteiger partial charge in [0.1, 0.15) is 11.2 Å². The fourth-order valence-electron chi connectivity index (χ4n) is 6.23. The summed E-state index contributed by atoms with van der Waals surface area (Å²) < 4.78 is 8.49. The van der Waals surface area contributed by atoms with Gasteiger partial charge >= 0.3 is 0 Å². The van der Waals surface area contributed by atoms with Gasteiger partial charge in [0, 0.05) is 27.3 Å². The number of nitrogens with zero attached hydrogens (tertiary/aromatic N) is 4. The van der Waals surface area contributed by atoms with Crippen molar-refractivity contribution in [2.45, 2.75) is 0 Å². The number of rotatable bonds is 4. The lowest BCUT2D eigenvalue weighted by Gasteiger charge is -2.11. The molecule has 0 atom stereocenters. The number of benzene rings is 6. The Morgan fingerprint density at radius 1 is 0.409 bits per heavy atom. The Kier molecular flexibility index (Phi) is 5.43. The summed E-state index contributed by atoms with van der Waals surface area (Å²) in [6, 6.07) is 49.7. The monoisotopic (exact) mass is 564 g/mol. The summed E-state index contributed by atoms with van der Waals surface area (Å²) in [5.74, 6) is 1.79. The lowest BCUT2D eigenvalue weighted by molar-refractivity contribution is 0.669. The summed E-state index contributed by atoms with van der Waals surface area (Å²) in [6.45, 7) is 0. The molecule has 0 N–H and O–H groups in total. The maximum absolute atomic E-state index is 6.31. The van der Waals surface area contributed by atoms with Crippen LogP contribution in [-0.2, 0) is 0 Å². The lowest BCUT2D eigenvalue weighted by atomic mass is 10.0. The number of furan rings is 1. The first-order valence-electron chi connectivity index (χ1n) is 14.6. The van der Waals surface area contributed by atoms with Crippen LogP contribution >= 0.6 is 0 Å². The lowest BCUT2D eigenvalue weighted by Crippen LogP contribution is -2.06. The highest BCUT2D eigenvalue weighted by Gasteiger charge is 2.21. The van der Waals surface area contributed by atoms with Gasteiger partial charge in [-0.25, -0.2) is 4.98 Å². The van der Waals surface area contributed by atoms with Crippen molar-refractivity contribution in [3.05, 3.63) is 146 Å². The molecule has 0 aliphatic carbocycles. The molecule has 0 spiro atoms. The van der Waals surface area contributed by atoms with Gasteiger partial charge in [-0.3, -0.25) is 4.57 Å². The Balaban J connectivity index is 1.34. The zero-order chi connectivity index (χ0) is 29.0. The zero-order valence-electron chi connectivity index (χ0n) is 23.6. The summed E-state index contributed by atoms with van der Waals surface area (Å²) in [5.41, 5.74) is 7.89. The molecule has 9 rings (SSSR count). The summed E-state index contributed by atoms with van der Waals surface area (Å²) in [7, 11) is 0. The van der Waals surface area contributed by atoms with E-state index < -0.39 is 0 Å². The summed E-state index contributed by atoms with van der Waals surface area (Å²) in [6.07, 6.45) is 0. The number of fused-ring (bicyclic) bond motifs is 7. The van der Waals surface area contributed by atoms with E-state index in [1.54, 1.807) is 0 Å². The first-order valence-corrected chi connectivity index (χ1v) is 14.6. The molecule has 9 aromatic rings. The molecular formula is C39H24N4O. The average Bonchev–Trinajstić information content (AvgIpc) is 3.65. The van der Waals surface area contributed by atoms with E-state index in [-0.39, 0.29) is 0 Å². The van der Waals surface area contributed by atoms with Gasteiger partial charge in [0.15, 0.2) is 11.6 Å². The topological polar surface area (TPSA) is 56.7 Å². The van der Waals surface area contributed by atoms with Gasteiger partial charge in [-0.05, 0) is 35.4 Å². The molecule has 3 aromatic heterocycles. The second-order valence-electron chi connectivity index (χ2n) is 10.9. The molecule has 5 heteroatoms. The van der Waals surface area contributed by atoms with E-state index in [0.29, 0.717) is 17.6 Å². The van der Waals surface area contributed by atoms with Crippen molar-refractivity contribution in [2.24, 2.45) is 0 Å². The van der Waals surface area contributed by atoms with Crippen molar-refractivity contribution in [3.8, 4) is 39.9 Å². The fourth-order valence-corrected chi connectivity index (χ4v) is 6.23. The highest BCUT2D eigenvalue weighted by atomic mass is 16.3. The highest BCUT2D eigenvalue weighted by Crippen LogP contribution is 2.40. The fraction of sp³-hybridized carbons (Fsp3) is 0. The molecule has 0 bridgehead atoms. The highest BCUT2D eigenvalue weighted by molar-refractivity contribution is 6.24. The van der Waals surface area contributed by atoms with E-state index >= 15 is 0 Å². The Hall–Kier alpha value is -6.07. The molecule has 0 fully saturated rings. The van der Waals surface area contributed by atoms with E-state index in [1.807, 2.05) is 48.5 Å². The average molecular weight is 565 g/mol. The van der Waals surface area contributed by atoms with Crippen molar-refractivity contribution in [3.63, 3.8) is 0 Å². The van der Waals surface area contributed by atoms with E-state index in [1.165, 1.54) is 5.56 Å². The minimum atomic E-state index is 0.560. The summed E-state index contributed by atoms with van der Waals surface area (Å²) >= 11 is 0. The van der Waals surface area contributed by atoms with Crippen LogP contribution in [0.1, 0.15) is 0 Å². The zero-order valence-corrected chi connectivity index (χ0v) is 23.6. The summed E-state index contributed by atoms with van der Waals surface area (Å²) in [4.78, 5) is 15.3. The molecule has 5 nitrogen and oxygen atoms in total. The van der Waals surface area contributed by atoms with E-state index in [4.69, 9.17) is 19.4 Å². The van der Waals surface area contributed by atoms with Crippen LogP contribution in [0.5, 0.6) is 0 Å². The van der Waals surface area contributed by atoms with Crippen LogP contribution in [0.15, 0.2) is 150 Å². The Bertz CT molecular complexity index is 2480. The van der Waals surface area contributed by atoms with Crippen LogP contribution in [0, 0.1) is 0 Å². The van der Waals surface area contributed by atoms with Gasteiger partial charge < -0.3 is 4.42 Å². The van der Waals surface area contributed by atoms with E-state index in [0.717, 1.165) is 60.4 Å². The van der Waals surface area contributed by atoms with Crippen molar-refractivity contribution < 1.29 is 4.42 Å². The quantitative estimate of drug-likeness (QED) is 0.213. The first kappa shape index (κ1) is 24.5. The second-order valence-corrected chi connectivity index (χ2v) is 10.9. The van der Waals surface area contributed by atoms with Crippen LogP contribution in [0.4, 0.5) is 0 Å². The van der Waals surface area contributed by atoms with Gasteiger partial charge in [0.2, 0.25) is 5.95 Å². The largest absolute Gasteiger partial charge is 0.456 e. The third-order valence-electron chi connectivity index (χ3n) is 8.28. The number of para-hydroxylation sites is 2. The predicted octanol–water partition coefficient (Wildman–Crippen LogP) is 9.87. The van der Waals surface area contributed by atoms with Crippen LogP contribution in [-0.4, -0.2) is 19.5 Å². The van der Waals surface area contributed by atoms with E-state index in [9.17, 15) is 0 Å².